The second-order valence-corrected chi connectivity index (χ2v) is 9.66. The summed E-state index contributed by atoms with van der Waals surface area (Å²) in [5, 5.41) is 0. The zero-order valence-electron chi connectivity index (χ0n) is 19.1. The van der Waals surface area contributed by atoms with Gasteiger partial charge >= 0.3 is 6.09 Å². The van der Waals surface area contributed by atoms with Crippen molar-refractivity contribution in [1.82, 2.24) is 4.90 Å². The highest BCUT2D eigenvalue weighted by Crippen LogP contribution is 2.45. The highest BCUT2D eigenvalue weighted by molar-refractivity contribution is 5.79. The van der Waals surface area contributed by atoms with Crippen LogP contribution in [-0.4, -0.2) is 29.7 Å². The first-order chi connectivity index (χ1) is 16.7. The quantitative estimate of drug-likeness (QED) is 0.404. The molecule has 0 N–H and O–H groups in total. The molecule has 3 aliphatic rings. The SMILES string of the molecule is O=C(OCC1c2ccccc2-c2ccccc21)N1C2C=C(Cc3ccccc3F)CC1CCC2. The maximum absolute atomic E-state index is 14.2. The number of benzene rings is 3. The zero-order chi connectivity index (χ0) is 23.1. The van der Waals surface area contributed by atoms with Gasteiger partial charge in [-0.15, -0.1) is 0 Å². The molecular weight excluding hydrogens is 425 g/mol. The third-order valence-corrected chi connectivity index (χ3v) is 7.64. The number of rotatable bonds is 4. The molecule has 2 heterocycles. The molecule has 1 amide bonds. The van der Waals surface area contributed by atoms with Gasteiger partial charge in [-0.2, -0.15) is 0 Å². The van der Waals surface area contributed by atoms with Crippen molar-refractivity contribution in [3.63, 3.8) is 0 Å². The second kappa shape index (κ2) is 8.75. The van der Waals surface area contributed by atoms with Crippen LogP contribution in [0.4, 0.5) is 9.18 Å². The fourth-order valence-electron chi connectivity index (χ4n) is 6.09. The summed E-state index contributed by atoms with van der Waals surface area (Å²) in [4.78, 5) is 15.3. The molecule has 1 aliphatic carbocycles. The van der Waals surface area contributed by atoms with Crippen molar-refractivity contribution in [3.8, 4) is 11.1 Å². The maximum atomic E-state index is 14.2. The van der Waals surface area contributed by atoms with Crippen molar-refractivity contribution in [1.29, 1.82) is 0 Å². The number of fused-ring (bicyclic) bond motifs is 5. The Morgan fingerprint density at radius 3 is 2.29 bits per heavy atom. The molecule has 0 radical (unpaired) electrons. The molecule has 1 saturated heterocycles. The van der Waals surface area contributed by atoms with Crippen LogP contribution < -0.4 is 0 Å². The highest BCUT2D eigenvalue weighted by Gasteiger charge is 2.39. The van der Waals surface area contributed by atoms with Gasteiger partial charge in [-0.05, 0) is 66.0 Å². The molecule has 2 aliphatic heterocycles. The largest absolute Gasteiger partial charge is 0.448 e. The van der Waals surface area contributed by atoms with Crippen molar-refractivity contribution >= 4 is 6.09 Å². The summed E-state index contributed by atoms with van der Waals surface area (Å²) in [5.74, 6) is -0.0966. The molecule has 0 saturated carbocycles. The van der Waals surface area contributed by atoms with E-state index in [9.17, 15) is 9.18 Å². The van der Waals surface area contributed by atoms with Gasteiger partial charge in [0.15, 0.2) is 0 Å². The molecule has 3 aromatic rings. The lowest BCUT2D eigenvalue weighted by Gasteiger charge is -2.44. The minimum absolute atomic E-state index is 0.0323. The van der Waals surface area contributed by atoms with Crippen LogP contribution in [0.15, 0.2) is 84.4 Å². The van der Waals surface area contributed by atoms with Crippen LogP contribution in [0.3, 0.4) is 0 Å². The number of carbonyl (C=O) groups excluding carboxylic acids is 1. The van der Waals surface area contributed by atoms with E-state index in [4.69, 9.17) is 4.74 Å². The Balaban J connectivity index is 1.19. The van der Waals surface area contributed by atoms with Crippen LogP contribution in [0.5, 0.6) is 0 Å². The first-order valence-corrected chi connectivity index (χ1v) is 12.3. The van der Waals surface area contributed by atoms with E-state index in [2.05, 4.69) is 54.6 Å². The van der Waals surface area contributed by atoms with Gasteiger partial charge in [0.2, 0.25) is 0 Å². The summed E-state index contributed by atoms with van der Waals surface area (Å²) < 4.78 is 20.2. The number of halogens is 1. The van der Waals surface area contributed by atoms with Gasteiger partial charge in [0.25, 0.3) is 0 Å². The maximum Gasteiger partial charge on any atom is 0.410 e. The topological polar surface area (TPSA) is 29.5 Å². The molecule has 2 bridgehead atoms. The van der Waals surface area contributed by atoms with Gasteiger partial charge in [-0.25, -0.2) is 9.18 Å². The van der Waals surface area contributed by atoms with E-state index in [0.717, 1.165) is 31.2 Å². The van der Waals surface area contributed by atoms with Gasteiger partial charge < -0.3 is 4.74 Å². The Morgan fingerprint density at radius 2 is 1.59 bits per heavy atom. The first-order valence-electron chi connectivity index (χ1n) is 12.3. The fraction of sp³-hybridized carbons (Fsp3) is 0.300. The molecule has 172 valence electrons. The summed E-state index contributed by atoms with van der Waals surface area (Å²) in [6.07, 6.45) is 6.36. The predicted molar refractivity (Wildman–Crippen MR) is 131 cm³/mol. The van der Waals surface area contributed by atoms with Crippen molar-refractivity contribution in [3.05, 3.63) is 107 Å². The molecular formula is C30H28FNO2. The summed E-state index contributed by atoms with van der Waals surface area (Å²) in [6.45, 7) is 0.342. The average molecular weight is 454 g/mol. The average Bonchev–Trinajstić information content (AvgIpc) is 3.17. The zero-order valence-corrected chi connectivity index (χ0v) is 19.1. The first kappa shape index (κ1) is 21.2. The van der Waals surface area contributed by atoms with Gasteiger partial charge in [0.05, 0.1) is 6.04 Å². The van der Waals surface area contributed by atoms with Crippen LogP contribution in [0.1, 0.15) is 48.3 Å². The Morgan fingerprint density at radius 1 is 0.912 bits per heavy atom. The van der Waals surface area contributed by atoms with E-state index in [-0.39, 0.29) is 29.9 Å². The number of nitrogens with zero attached hydrogens (tertiary/aromatic N) is 1. The number of piperidine rings is 1. The number of ether oxygens (including phenoxy) is 1. The standard InChI is InChI=1S/C30H28FNO2/c31-29-15-6-1-8-21(29)16-20-17-22-9-7-10-23(18-20)32(22)30(33)34-19-28-26-13-4-2-11-24(26)25-12-3-5-14-27(25)28/h1-6,8,11-15,17,22-23,28H,7,9-10,16,18-19H2. The minimum Gasteiger partial charge on any atom is -0.448 e. The van der Waals surface area contributed by atoms with E-state index in [1.54, 1.807) is 6.07 Å². The Labute approximate surface area is 199 Å². The summed E-state index contributed by atoms with van der Waals surface area (Å²) in [5.41, 5.74) is 6.86. The normalized spacial score (nSPS) is 21.0. The molecule has 3 nitrogen and oxygen atoms in total. The van der Waals surface area contributed by atoms with Gasteiger partial charge in [0.1, 0.15) is 12.4 Å². The summed E-state index contributed by atoms with van der Waals surface area (Å²) in [7, 11) is 0. The van der Waals surface area contributed by atoms with E-state index in [1.165, 1.54) is 33.9 Å². The van der Waals surface area contributed by atoms with E-state index in [1.807, 2.05) is 17.0 Å². The van der Waals surface area contributed by atoms with Crippen molar-refractivity contribution in [2.24, 2.45) is 0 Å². The van der Waals surface area contributed by atoms with Gasteiger partial charge in [-0.3, -0.25) is 4.90 Å². The number of hydrogen-bond acceptors (Lipinski definition) is 2. The number of amides is 1. The van der Waals surface area contributed by atoms with E-state index >= 15 is 0 Å². The molecule has 2 unspecified atom stereocenters. The molecule has 3 aromatic carbocycles. The van der Waals surface area contributed by atoms with E-state index < -0.39 is 0 Å². The van der Waals surface area contributed by atoms with Crippen molar-refractivity contribution in [2.45, 2.75) is 50.1 Å². The van der Waals surface area contributed by atoms with E-state index in [0.29, 0.717) is 13.0 Å². The summed E-state index contributed by atoms with van der Waals surface area (Å²) in [6, 6.07) is 23.9. The van der Waals surface area contributed by atoms with Crippen molar-refractivity contribution in [2.75, 3.05) is 6.61 Å². The lowest BCUT2D eigenvalue weighted by atomic mass is 9.83. The second-order valence-electron chi connectivity index (χ2n) is 9.66. The molecule has 4 heteroatoms. The molecule has 1 fully saturated rings. The monoisotopic (exact) mass is 453 g/mol. The lowest BCUT2D eigenvalue weighted by Crippen LogP contribution is -2.52. The molecule has 34 heavy (non-hydrogen) atoms. The third kappa shape index (κ3) is 3.71. The van der Waals surface area contributed by atoms with Crippen LogP contribution in [0.25, 0.3) is 11.1 Å². The lowest BCUT2D eigenvalue weighted by molar-refractivity contribution is 0.0509. The Hall–Kier alpha value is -3.40. The van der Waals surface area contributed by atoms with Crippen LogP contribution >= 0.6 is 0 Å². The fourth-order valence-corrected chi connectivity index (χ4v) is 6.09. The van der Waals surface area contributed by atoms with Crippen LogP contribution in [-0.2, 0) is 11.2 Å². The minimum atomic E-state index is -0.224. The third-order valence-electron chi connectivity index (χ3n) is 7.64. The smallest absolute Gasteiger partial charge is 0.410 e. The molecule has 0 spiro atoms. The molecule has 2 atom stereocenters. The Kier molecular flexibility index (Phi) is 5.44. The summed E-state index contributed by atoms with van der Waals surface area (Å²) >= 11 is 0. The van der Waals surface area contributed by atoms with Crippen LogP contribution in [0.2, 0.25) is 0 Å². The molecule has 6 rings (SSSR count). The van der Waals surface area contributed by atoms with Crippen molar-refractivity contribution < 1.29 is 13.9 Å². The number of carbonyl (C=O) groups is 1. The molecule has 0 aromatic heterocycles. The van der Waals surface area contributed by atoms with Gasteiger partial charge in [0, 0.05) is 12.0 Å². The van der Waals surface area contributed by atoms with Gasteiger partial charge in [-0.1, -0.05) is 78.4 Å². The predicted octanol–water partition coefficient (Wildman–Crippen LogP) is 6.87. The highest BCUT2D eigenvalue weighted by atomic mass is 19.1. The van der Waals surface area contributed by atoms with Crippen LogP contribution in [0, 0.1) is 5.82 Å². The number of hydrogen-bond donors (Lipinski definition) is 0. The Bertz CT molecular complexity index is 1220.